The van der Waals surface area contributed by atoms with Crippen LogP contribution in [0.15, 0.2) is 40.8 Å². The predicted octanol–water partition coefficient (Wildman–Crippen LogP) is 7.21. The smallest absolute Gasteiger partial charge is 0.228 e. The third-order valence-electron chi connectivity index (χ3n) is 4.69. The number of halogens is 3. The monoisotopic (exact) mass is 493 g/mol. The largest absolute Gasteiger partial charge is 0.484 e. The maximum absolute atomic E-state index is 12.7. The zero-order valence-corrected chi connectivity index (χ0v) is 20.1. The molecule has 0 aliphatic rings. The lowest BCUT2D eigenvalue weighted by molar-refractivity contribution is -0.118. The second-order valence-corrected chi connectivity index (χ2v) is 8.92. The first-order valence-electron chi connectivity index (χ1n) is 10.1. The van der Waals surface area contributed by atoms with E-state index in [1.165, 1.54) is 6.92 Å². The van der Waals surface area contributed by atoms with Crippen LogP contribution in [-0.4, -0.2) is 23.2 Å². The van der Waals surface area contributed by atoms with Gasteiger partial charge in [-0.15, -0.1) is 0 Å². The number of aryl methyl sites for hydroxylation is 1. The highest BCUT2D eigenvalue weighted by Gasteiger charge is 2.20. The zero-order valence-electron chi connectivity index (χ0n) is 17.9. The van der Waals surface area contributed by atoms with Crippen molar-refractivity contribution in [3.63, 3.8) is 0 Å². The Kier molecular flexibility index (Phi) is 7.99. The number of carbonyl (C=O) groups excluding carboxylic acids is 2. The number of ketones is 2. The molecule has 168 valence electrons. The molecule has 0 aliphatic carbocycles. The number of rotatable bonds is 9. The summed E-state index contributed by atoms with van der Waals surface area (Å²) in [4.78, 5) is 28.4. The van der Waals surface area contributed by atoms with Crippen molar-refractivity contribution >= 4 is 46.4 Å². The number of Topliss-reactive ketones (excluding diaryl/α,β-unsaturated/α-hetero) is 2. The summed E-state index contributed by atoms with van der Waals surface area (Å²) >= 11 is 18.5. The third-order valence-corrected chi connectivity index (χ3v) is 5.53. The number of hydrogen-bond donors (Lipinski definition) is 0. The van der Waals surface area contributed by atoms with E-state index in [9.17, 15) is 9.59 Å². The normalized spacial score (nSPS) is 11.1. The molecule has 3 aromatic rings. The van der Waals surface area contributed by atoms with Gasteiger partial charge in [0.1, 0.15) is 18.1 Å². The van der Waals surface area contributed by atoms with E-state index in [-0.39, 0.29) is 35.5 Å². The maximum atomic E-state index is 12.7. The van der Waals surface area contributed by atoms with Crippen LogP contribution in [0.1, 0.15) is 54.9 Å². The summed E-state index contributed by atoms with van der Waals surface area (Å²) in [5.74, 6) is 1.35. The quantitative estimate of drug-likeness (QED) is 0.294. The molecule has 0 saturated carbocycles. The molecular formula is C24H22Cl3NO4. The van der Waals surface area contributed by atoms with Crippen molar-refractivity contribution in [1.82, 2.24) is 4.98 Å². The predicted molar refractivity (Wildman–Crippen MR) is 126 cm³/mol. The van der Waals surface area contributed by atoms with Crippen molar-refractivity contribution in [3.05, 3.63) is 68.5 Å². The fourth-order valence-electron chi connectivity index (χ4n) is 3.12. The van der Waals surface area contributed by atoms with Crippen LogP contribution in [0, 0.1) is 0 Å². The average Bonchev–Trinajstić information content (AvgIpc) is 3.15. The van der Waals surface area contributed by atoms with Gasteiger partial charge in [-0.25, -0.2) is 4.98 Å². The molecule has 0 atom stereocenters. The van der Waals surface area contributed by atoms with Crippen LogP contribution in [0.2, 0.25) is 15.1 Å². The van der Waals surface area contributed by atoms with Gasteiger partial charge >= 0.3 is 0 Å². The number of ether oxygens (including phenoxy) is 1. The zero-order chi connectivity index (χ0) is 23.4. The minimum Gasteiger partial charge on any atom is -0.484 e. The van der Waals surface area contributed by atoms with Crippen molar-refractivity contribution in [1.29, 1.82) is 0 Å². The van der Waals surface area contributed by atoms with Crippen LogP contribution in [0.25, 0.3) is 11.5 Å². The van der Waals surface area contributed by atoms with E-state index in [1.54, 1.807) is 36.4 Å². The number of oxazole rings is 1. The standard InChI is InChI=1S/C24H22Cl3NO4/c1-13(2)23-20(28-24(32-23)17-6-5-16(25)11-18(17)26)7-8-21(30)15-4-9-22(19(27)10-15)31-12-14(3)29/h4-6,9-11,13H,7-8,12H2,1-3H3. The Hall–Kier alpha value is -2.34. The number of benzene rings is 2. The summed E-state index contributed by atoms with van der Waals surface area (Å²) in [7, 11) is 0. The molecule has 0 fully saturated rings. The highest BCUT2D eigenvalue weighted by atomic mass is 35.5. The first-order valence-corrected chi connectivity index (χ1v) is 11.2. The summed E-state index contributed by atoms with van der Waals surface area (Å²) in [5.41, 5.74) is 1.81. The number of carbonyl (C=O) groups is 2. The molecule has 2 aromatic carbocycles. The molecule has 0 N–H and O–H groups in total. The molecule has 32 heavy (non-hydrogen) atoms. The van der Waals surface area contributed by atoms with Gasteiger partial charge in [0.25, 0.3) is 0 Å². The van der Waals surface area contributed by atoms with E-state index in [2.05, 4.69) is 4.98 Å². The minimum atomic E-state index is -0.117. The van der Waals surface area contributed by atoms with Gasteiger partial charge in [-0.3, -0.25) is 9.59 Å². The molecule has 3 rings (SSSR count). The fourth-order valence-corrected chi connectivity index (χ4v) is 3.84. The Morgan fingerprint density at radius 1 is 1.06 bits per heavy atom. The molecule has 8 heteroatoms. The molecule has 0 saturated heterocycles. The van der Waals surface area contributed by atoms with Crippen molar-refractivity contribution in [2.75, 3.05) is 6.61 Å². The SMILES string of the molecule is CC(=O)COc1ccc(C(=O)CCc2nc(-c3ccc(Cl)cc3Cl)oc2C(C)C)cc1Cl. The second-order valence-electron chi connectivity index (χ2n) is 7.67. The molecule has 1 aromatic heterocycles. The summed E-state index contributed by atoms with van der Waals surface area (Å²) in [5, 5.41) is 1.25. The molecule has 0 bridgehead atoms. The van der Waals surface area contributed by atoms with E-state index in [0.717, 1.165) is 0 Å². The van der Waals surface area contributed by atoms with Crippen LogP contribution in [0.4, 0.5) is 0 Å². The van der Waals surface area contributed by atoms with Gasteiger partial charge in [-0.2, -0.15) is 0 Å². The van der Waals surface area contributed by atoms with Crippen molar-refractivity contribution < 1.29 is 18.7 Å². The lowest BCUT2D eigenvalue weighted by atomic mass is 10.0. The van der Waals surface area contributed by atoms with Gasteiger partial charge < -0.3 is 9.15 Å². The third kappa shape index (κ3) is 5.91. The van der Waals surface area contributed by atoms with Crippen LogP contribution in [0.5, 0.6) is 5.75 Å². The fraction of sp³-hybridized carbons (Fsp3) is 0.292. The van der Waals surface area contributed by atoms with E-state index < -0.39 is 0 Å². The number of hydrogen-bond acceptors (Lipinski definition) is 5. The van der Waals surface area contributed by atoms with Gasteiger partial charge in [-0.05, 0) is 43.3 Å². The Labute approximate surface area is 201 Å². The van der Waals surface area contributed by atoms with E-state index in [4.69, 9.17) is 44.0 Å². The Morgan fingerprint density at radius 3 is 2.44 bits per heavy atom. The topological polar surface area (TPSA) is 69.4 Å². The van der Waals surface area contributed by atoms with Gasteiger partial charge in [0.15, 0.2) is 11.6 Å². The lowest BCUT2D eigenvalue weighted by Crippen LogP contribution is -2.07. The van der Waals surface area contributed by atoms with Gasteiger partial charge in [0, 0.05) is 29.3 Å². The molecule has 0 amide bonds. The Balaban J connectivity index is 1.76. The first kappa shape index (κ1) is 24.3. The minimum absolute atomic E-state index is 0.0723. The second kappa shape index (κ2) is 10.5. The van der Waals surface area contributed by atoms with E-state index in [0.29, 0.717) is 50.7 Å². The summed E-state index contributed by atoms with van der Waals surface area (Å²) < 4.78 is 11.3. The molecule has 1 heterocycles. The molecular weight excluding hydrogens is 473 g/mol. The number of nitrogens with zero attached hydrogens (tertiary/aromatic N) is 1. The maximum Gasteiger partial charge on any atom is 0.228 e. The summed E-state index contributed by atoms with van der Waals surface area (Å²) in [6.07, 6.45) is 0.630. The molecule has 0 aliphatic heterocycles. The average molecular weight is 495 g/mol. The van der Waals surface area contributed by atoms with Crippen molar-refractivity contribution in [2.24, 2.45) is 0 Å². The summed E-state index contributed by atoms with van der Waals surface area (Å²) in [6.45, 7) is 5.35. The number of aromatic nitrogens is 1. The van der Waals surface area contributed by atoms with E-state index >= 15 is 0 Å². The Morgan fingerprint density at radius 2 is 1.81 bits per heavy atom. The van der Waals surface area contributed by atoms with Gasteiger partial charge in [-0.1, -0.05) is 48.7 Å². The van der Waals surface area contributed by atoms with Crippen molar-refractivity contribution in [2.45, 2.75) is 39.5 Å². The molecule has 0 radical (unpaired) electrons. The highest BCUT2D eigenvalue weighted by Crippen LogP contribution is 2.33. The van der Waals surface area contributed by atoms with Gasteiger partial charge in [0.2, 0.25) is 5.89 Å². The van der Waals surface area contributed by atoms with Crippen LogP contribution >= 0.6 is 34.8 Å². The van der Waals surface area contributed by atoms with Crippen LogP contribution in [-0.2, 0) is 11.2 Å². The Bertz CT molecular complexity index is 1150. The molecule has 5 nitrogen and oxygen atoms in total. The van der Waals surface area contributed by atoms with Gasteiger partial charge in [0.05, 0.1) is 21.3 Å². The molecule has 0 spiro atoms. The van der Waals surface area contributed by atoms with Crippen LogP contribution < -0.4 is 4.74 Å². The molecule has 0 unspecified atom stereocenters. The van der Waals surface area contributed by atoms with Crippen molar-refractivity contribution in [3.8, 4) is 17.2 Å². The van der Waals surface area contributed by atoms with E-state index in [1.807, 2.05) is 13.8 Å². The van der Waals surface area contributed by atoms with Crippen LogP contribution in [0.3, 0.4) is 0 Å². The highest BCUT2D eigenvalue weighted by molar-refractivity contribution is 6.36. The first-order chi connectivity index (χ1) is 15.2. The summed E-state index contributed by atoms with van der Waals surface area (Å²) in [6, 6.07) is 9.88. The lowest BCUT2D eigenvalue weighted by Gasteiger charge is -2.08.